The van der Waals surface area contributed by atoms with Crippen molar-refractivity contribution in [2.24, 2.45) is 0 Å². The zero-order valence-corrected chi connectivity index (χ0v) is 12.4. The van der Waals surface area contributed by atoms with Crippen LogP contribution in [0.4, 0.5) is 0 Å². The molecule has 1 atom stereocenters. The summed E-state index contributed by atoms with van der Waals surface area (Å²) in [5.74, 6) is 1.71. The minimum atomic E-state index is 0.250. The van der Waals surface area contributed by atoms with Crippen LogP contribution in [0, 0.1) is 0 Å². The third-order valence-electron chi connectivity index (χ3n) is 3.12. The van der Waals surface area contributed by atoms with E-state index >= 15 is 0 Å². The number of rotatable bonds is 9. The molecule has 0 spiro atoms. The molecule has 0 saturated carbocycles. The minimum absolute atomic E-state index is 0.250. The van der Waals surface area contributed by atoms with Gasteiger partial charge in [-0.1, -0.05) is 6.07 Å². The van der Waals surface area contributed by atoms with E-state index in [2.05, 4.69) is 12.2 Å². The SMILES string of the molecule is CNC(C)c1ccc(OC)cc1OCCCCOC. The van der Waals surface area contributed by atoms with E-state index in [4.69, 9.17) is 14.2 Å². The fourth-order valence-corrected chi connectivity index (χ4v) is 1.81. The van der Waals surface area contributed by atoms with Gasteiger partial charge in [0.25, 0.3) is 0 Å². The van der Waals surface area contributed by atoms with Crippen molar-refractivity contribution in [3.8, 4) is 11.5 Å². The molecule has 1 aromatic carbocycles. The maximum atomic E-state index is 5.87. The molecule has 0 heterocycles. The molecule has 1 aromatic rings. The van der Waals surface area contributed by atoms with Gasteiger partial charge in [0.1, 0.15) is 11.5 Å². The van der Waals surface area contributed by atoms with E-state index in [1.165, 1.54) is 0 Å². The molecule has 0 saturated heterocycles. The van der Waals surface area contributed by atoms with E-state index in [-0.39, 0.29) is 6.04 Å². The van der Waals surface area contributed by atoms with Crippen LogP contribution in [0.25, 0.3) is 0 Å². The van der Waals surface area contributed by atoms with Gasteiger partial charge in [-0.3, -0.25) is 0 Å². The molecule has 1 rings (SSSR count). The van der Waals surface area contributed by atoms with Crippen molar-refractivity contribution in [3.63, 3.8) is 0 Å². The minimum Gasteiger partial charge on any atom is -0.497 e. The molecule has 4 heteroatoms. The average molecular weight is 267 g/mol. The first-order valence-electron chi connectivity index (χ1n) is 6.69. The van der Waals surface area contributed by atoms with Crippen molar-refractivity contribution in [2.75, 3.05) is 34.5 Å². The molecule has 0 aliphatic rings. The molecule has 1 N–H and O–H groups in total. The van der Waals surface area contributed by atoms with E-state index < -0.39 is 0 Å². The largest absolute Gasteiger partial charge is 0.497 e. The van der Waals surface area contributed by atoms with Crippen LogP contribution in [-0.2, 0) is 4.74 Å². The predicted molar refractivity (Wildman–Crippen MR) is 77.1 cm³/mol. The highest BCUT2D eigenvalue weighted by molar-refractivity contribution is 5.42. The van der Waals surface area contributed by atoms with Crippen molar-refractivity contribution in [1.29, 1.82) is 0 Å². The van der Waals surface area contributed by atoms with Gasteiger partial charge in [-0.15, -0.1) is 0 Å². The topological polar surface area (TPSA) is 39.7 Å². The maximum Gasteiger partial charge on any atom is 0.127 e. The second kappa shape index (κ2) is 8.77. The first kappa shape index (κ1) is 15.8. The third-order valence-corrected chi connectivity index (χ3v) is 3.12. The number of benzene rings is 1. The Morgan fingerprint density at radius 1 is 1.16 bits per heavy atom. The fraction of sp³-hybridized carbons (Fsp3) is 0.600. The molecule has 4 nitrogen and oxygen atoms in total. The molecule has 0 amide bonds. The number of methoxy groups -OCH3 is 2. The molecule has 0 fully saturated rings. The summed E-state index contributed by atoms with van der Waals surface area (Å²) >= 11 is 0. The van der Waals surface area contributed by atoms with E-state index in [1.54, 1.807) is 14.2 Å². The quantitative estimate of drug-likeness (QED) is 0.698. The summed E-state index contributed by atoms with van der Waals surface area (Å²) in [6, 6.07) is 6.20. The van der Waals surface area contributed by atoms with Crippen LogP contribution in [-0.4, -0.2) is 34.5 Å². The second-order valence-corrected chi connectivity index (χ2v) is 4.46. The zero-order chi connectivity index (χ0) is 14.1. The van der Waals surface area contributed by atoms with Crippen molar-refractivity contribution in [3.05, 3.63) is 23.8 Å². The Morgan fingerprint density at radius 2 is 1.89 bits per heavy atom. The Kier molecular flexibility index (Phi) is 7.30. The Hall–Kier alpha value is -1.26. The van der Waals surface area contributed by atoms with Gasteiger partial charge in [0, 0.05) is 31.4 Å². The number of hydrogen-bond donors (Lipinski definition) is 1. The number of nitrogens with one attached hydrogen (secondary N) is 1. The third kappa shape index (κ3) is 5.09. The molecule has 1 unspecified atom stereocenters. The van der Waals surface area contributed by atoms with E-state index in [1.807, 2.05) is 25.2 Å². The summed E-state index contributed by atoms with van der Waals surface area (Å²) in [6.07, 6.45) is 2.00. The van der Waals surface area contributed by atoms with Gasteiger partial charge in [0.05, 0.1) is 13.7 Å². The number of ether oxygens (including phenoxy) is 3. The monoisotopic (exact) mass is 267 g/mol. The fourth-order valence-electron chi connectivity index (χ4n) is 1.81. The molecule has 0 aliphatic heterocycles. The summed E-state index contributed by atoms with van der Waals surface area (Å²) < 4.78 is 16.1. The molecule has 0 aliphatic carbocycles. The van der Waals surface area contributed by atoms with Gasteiger partial charge >= 0.3 is 0 Å². The predicted octanol–water partition coefficient (Wildman–Crippen LogP) is 2.78. The van der Waals surface area contributed by atoms with Gasteiger partial charge in [-0.25, -0.2) is 0 Å². The number of hydrogen-bond acceptors (Lipinski definition) is 4. The van der Waals surface area contributed by atoms with Crippen LogP contribution < -0.4 is 14.8 Å². The lowest BCUT2D eigenvalue weighted by atomic mass is 10.1. The van der Waals surface area contributed by atoms with Crippen LogP contribution in [0.3, 0.4) is 0 Å². The zero-order valence-electron chi connectivity index (χ0n) is 12.4. The Balaban J connectivity index is 2.66. The highest BCUT2D eigenvalue weighted by Gasteiger charge is 2.11. The number of unbranched alkanes of at least 4 members (excludes halogenated alkanes) is 1. The smallest absolute Gasteiger partial charge is 0.127 e. The molecule has 108 valence electrons. The molecule has 0 radical (unpaired) electrons. The summed E-state index contributed by atoms with van der Waals surface area (Å²) in [5.41, 5.74) is 1.15. The van der Waals surface area contributed by atoms with Crippen molar-refractivity contribution in [1.82, 2.24) is 5.32 Å². The normalized spacial score (nSPS) is 12.2. The molecular weight excluding hydrogens is 242 g/mol. The summed E-state index contributed by atoms with van der Waals surface area (Å²) in [4.78, 5) is 0. The molecular formula is C15H25NO3. The van der Waals surface area contributed by atoms with Crippen LogP contribution in [0.15, 0.2) is 18.2 Å². The lowest BCUT2D eigenvalue weighted by Gasteiger charge is -2.17. The molecule has 0 bridgehead atoms. The Morgan fingerprint density at radius 3 is 2.53 bits per heavy atom. The lowest BCUT2D eigenvalue weighted by Crippen LogP contribution is -2.14. The van der Waals surface area contributed by atoms with Gasteiger partial charge in [0.2, 0.25) is 0 Å². The van der Waals surface area contributed by atoms with E-state index in [9.17, 15) is 0 Å². The first-order valence-corrected chi connectivity index (χ1v) is 6.69. The molecule has 19 heavy (non-hydrogen) atoms. The average Bonchev–Trinajstić information content (AvgIpc) is 2.46. The van der Waals surface area contributed by atoms with Crippen molar-refractivity contribution in [2.45, 2.75) is 25.8 Å². The Bertz CT molecular complexity index is 368. The summed E-state index contributed by atoms with van der Waals surface area (Å²) in [6.45, 7) is 3.58. The van der Waals surface area contributed by atoms with Crippen molar-refractivity contribution >= 4 is 0 Å². The summed E-state index contributed by atoms with van der Waals surface area (Å²) in [7, 11) is 5.33. The maximum absolute atomic E-state index is 5.87. The highest BCUT2D eigenvalue weighted by Crippen LogP contribution is 2.29. The van der Waals surface area contributed by atoms with Crippen LogP contribution in [0.2, 0.25) is 0 Å². The highest BCUT2D eigenvalue weighted by atomic mass is 16.5. The summed E-state index contributed by atoms with van der Waals surface area (Å²) in [5, 5.41) is 3.23. The van der Waals surface area contributed by atoms with Crippen molar-refractivity contribution < 1.29 is 14.2 Å². The van der Waals surface area contributed by atoms with Gasteiger partial charge in [-0.2, -0.15) is 0 Å². The van der Waals surface area contributed by atoms with Gasteiger partial charge < -0.3 is 19.5 Å². The van der Waals surface area contributed by atoms with Gasteiger partial charge in [0.15, 0.2) is 0 Å². The second-order valence-electron chi connectivity index (χ2n) is 4.46. The standard InChI is InChI=1S/C15H25NO3/c1-12(16-2)14-8-7-13(18-4)11-15(14)19-10-6-5-9-17-3/h7-8,11-12,16H,5-6,9-10H2,1-4H3. The van der Waals surface area contributed by atoms with Crippen LogP contribution in [0.1, 0.15) is 31.4 Å². The van der Waals surface area contributed by atoms with E-state index in [0.717, 1.165) is 36.5 Å². The van der Waals surface area contributed by atoms with Gasteiger partial charge in [-0.05, 0) is 32.9 Å². The van der Waals surface area contributed by atoms with E-state index in [0.29, 0.717) is 6.61 Å². The first-order chi connectivity index (χ1) is 9.22. The Labute approximate surface area is 116 Å². The lowest BCUT2D eigenvalue weighted by molar-refractivity contribution is 0.183. The molecule has 0 aromatic heterocycles. The van der Waals surface area contributed by atoms with Crippen LogP contribution >= 0.6 is 0 Å². The van der Waals surface area contributed by atoms with Crippen LogP contribution in [0.5, 0.6) is 11.5 Å².